The Balaban J connectivity index is 0.00000186. The van der Waals surface area contributed by atoms with Crippen molar-refractivity contribution >= 4 is 27.4 Å². The molecule has 37 heavy (non-hydrogen) atoms. The second-order valence-corrected chi connectivity index (χ2v) is 11.0. The number of esters is 1. The van der Waals surface area contributed by atoms with Crippen molar-refractivity contribution in [2.75, 3.05) is 37.0 Å². The van der Waals surface area contributed by atoms with Gasteiger partial charge in [-0.2, -0.15) is 0 Å². The first-order valence-electron chi connectivity index (χ1n) is 12.4. The van der Waals surface area contributed by atoms with E-state index in [9.17, 15) is 18.0 Å². The van der Waals surface area contributed by atoms with Crippen LogP contribution in [0.5, 0.6) is 0 Å². The Labute approximate surface area is 219 Å². The molecule has 1 fully saturated rings. The maximum absolute atomic E-state index is 12.7. The summed E-state index contributed by atoms with van der Waals surface area (Å²) in [5.74, 6) is -0.199. The van der Waals surface area contributed by atoms with E-state index in [1.165, 1.54) is 7.11 Å². The van der Waals surface area contributed by atoms with Gasteiger partial charge in [0.1, 0.15) is 0 Å². The van der Waals surface area contributed by atoms with Crippen molar-refractivity contribution in [3.05, 3.63) is 89.0 Å². The number of methoxy groups -OCH3 is 1. The topological polar surface area (TPSA) is 92.8 Å². The van der Waals surface area contributed by atoms with Crippen LogP contribution in [0.4, 0.5) is 5.69 Å². The largest absolute Gasteiger partial charge is 0.465 e. The van der Waals surface area contributed by atoms with E-state index < -0.39 is 15.8 Å². The van der Waals surface area contributed by atoms with E-state index in [0.717, 1.165) is 22.3 Å². The first-order chi connectivity index (χ1) is 17.7. The SMILES string of the molecule is CC.COC(=O)c1ccc(C)c(-c2ccc(C(=O)Nc3ccc(CN4CCS(=O)(=O)CC4)cc3)cc2)c1. The minimum atomic E-state index is -2.89. The fraction of sp³-hybridized carbons (Fsp3) is 0.310. The minimum absolute atomic E-state index is 0.205. The van der Waals surface area contributed by atoms with Crippen LogP contribution in [0.15, 0.2) is 66.7 Å². The number of hydrogen-bond donors (Lipinski definition) is 1. The van der Waals surface area contributed by atoms with E-state index in [-0.39, 0.29) is 17.4 Å². The lowest BCUT2D eigenvalue weighted by atomic mass is 9.97. The van der Waals surface area contributed by atoms with Gasteiger partial charge in [0.2, 0.25) is 0 Å². The first kappa shape index (κ1) is 28.1. The van der Waals surface area contributed by atoms with Crippen molar-refractivity contribution in [2.45, 2.75) is 27.3 Å². The predicted octanol–water partition coefficient (Wildman–Crippen LogP) is 4.96. The van der Waals surface area contributed by atoms with Crippen LogP contribution >= 0.6 is 0 Å². The van der Waals surface area contributed by atoms with Crippen LogP contribution < -0.4 is 5.32 Å². The van der Waals surface area contributed by atoms with Gasteiger partial charge in [0.05, 0.1) is 24.2 Å². The first-order valence-corrected chi connectivity index (χ1v) is 14.2. The fourth-order valence-corrected chi connectivity index (χ4v) is 5.32. The number of nitrogens with zero attached hydrogens (tertiary/aromatic N) is 1. The van der Waals surface area contributed by atoms with Crippen molar-refractivity contribution < 1.29 is 22.7 Å². The highest BCUT2D eigenvalue weighted by Gasteiger charge is 2.21. The number of amides is 1. The molecule has 7 nitrogen and oxygen atoms in total. The molecule has 3 aromatic carbocycles. The highest BCUT2D eigenvalue weighted by molar-refractivity contribution is 7.91. The van der Waals surface area contributed by atoms with Crippen LogP contribution in [0.3, 0.4) is 0 Å². The lowest BCUT2D eigenvalue weighted by Gasteiger charge is -2.26. The lowest BCUT2D eigenvalue weighted by molar-refractivity contribution is 0.0600. The molecule has 3 aromatic rings. The number of sulfone groups is 1. The third-order valence-electron chi connectivity index (χ3n) is 6.17. The zero-order chi connectivity index (χ0) is 27.0. The zero-order valence-corrected chi connectivity index (χ0v) is 22.6. The molecule has 0 atom stereocenters. The molecule has 4 rings (SSSR count). The molecule has 0 aromatic heterocycles. The molecule has 196 valence electrons. The Bertz CT molecular complexity index is 1320. The highest BCUT2D eigenvalue weighted by Crippen LogP contribution is 2.26. The lowest BCUT2D eigenvalue weighted by Crippen LogP contribution is -2.39. The molecular formula is C29H34N2O5S. The monoisotopic (exact) mass is 522 g/mol. The normalized spacial score (nSPS) is 14.7. The fourth-order valence-electron chi connectivity index (χ4n) is 4.04. The number of anilines is 1. The highest BCUT2D eigenvalue weighted by atomic mass is 32.2. The number of nitrogens with one attached hydrogen (secondary N) is 1. The van der Waals surface area contributed by atoms with Gasteiger partial charge in [0.25, 0.3) is 5.91 Å². The third kappa shape index (κ3) is 7.50. The summed E-state index contributed by atoms with van der Waals surface area (Å²) in [6.45, 7) is 7.74. The molecule has 0 saturated carbocycles. The molecule has 1 amide bonds. The van der Waals surface area contributed by atoms with Crippen molar-refractivity contribution in [2.24, 2.45) is 0 Å². The Morgan fingerprint density at radius 2 is 1.49 bits per heavy atom. The summed E-state index contributed by atoms with van der Waals surface area (Å²) in [4.78, 5) is 26.7. The quantitative estimate of drug-likeness (QED) is 0.460. The van der Waals surface area contributed by atoms with Crippen molar-refractivity contribution in [1.82, 2.24) is 4.90 Å². The summed E-state index contributed by atoms with van der Waals surface area (Å²) < 4.78 is 28.0. The second-order valence-electron chi connectivity index (χ2n) is 8.68. The van der Waals surface area contributed by atoms with Crippen molar-refractivity contribution in [1.29, 1.82) is 0 Å². The van der Waals surface area contributed by atoms with Gasteiger partial charge in [0, 0.05) is 30.9 Å². The molecule has 1 saturated heterocycles. The van der Waals surface area contributed by atoms with Crippen LogP contribution in [0.1, 0.15) is 45.7 Å². The average Bonchev–Trinajstić information content (AvgIpc) is 2.92. The van der Waals surface area contributed by atoms with Gasteiger partial charge in [-0.1, -0.05) is 44.2 Å². The molecule has 8 heteroatoms. The number of carbonyl (C=O) groups is 2. The molecule has 0 radical (unpaired) electrons. The Kier molecular flexibility index (Phi) is 9.60. The van der Waals surface area contributed by atoms with Crippen LogP contribution in [0, 0.1) is 6.92 Å². The molecule has 0 unspecified atom stereocenters. The maximum Gasteiger partial charge on any atom is 0.337 e. The molecule has 0 aliphatic carbocycles. The van der Waals surface area contributed by atoms with E-state index in [1.807, 2.05) is 63.2 Å². The van der Waals surface area contributed by atoms with E-state index in [1.54, 1.807) is 24.3 Å². The predicted molar refractivity (Wildman–Crippen MR) is 148 cm³/mol. The number of aryl methyl sites for hydroxylation is 1. The molecule has 0 spiro atoms. The number of carbonyl (C=O) groups excluding carboxylic acids is 2. The van der Waals surface area contributed by atoms with E-state index in [4.69, 9.17) is 4.74 Å². The number of rotatable bonds is 6. The summed E-state index contributed by atoms with van der Waals surface area (Å²) >= 11 is 0. The van der Waals surface area contributed by atoms with Crippen LogP contribution in [0.25, 0.3) is 11.1 Å². The van der Waals surface area contributed by atoms with E-state index in [0.29, 0.717) is 36.4 Å². The van der Waals surface area contributed by atoms with Gasteiger partial charge >= 0.3 is 5.97 Å². The number of ether oxygens (including phenoxy) is 1. The summed E-state index contributed by atoms with van der Waals surface area (Å²) in [7, 11) is -1.54. The molecule has 1 aliphatic rings. The molecular weight excluding hydrogens is 488 g/mol. The summed E-state index contributed by atoms with van der Waals surface area (Å²) in [6, 6.07) is 20.2. The van der Waals surface area contributed by atoms with Crippen LogP contribution in [-0.2, 0) is 21.1 Å². The second kappa shape index (κ2) is 12.7. The Hall–Kier alpha value is -3.49. The third-order valence-corrected chi connectivity index (χ3v) is 7.78. The van der Waals surface area contributed by atoms with Gasteiger partial charge in [0.15, 0.2) is 9.84 Å². The number of hydrogen-bond acceptors (Lipinski definition) is 6. The minimum Gasteiger partial charge on any atom is -0.465 e. The van der Waals surface area contributed by atoms with Crippen LogP contribution in [0.2, 0.25) is 0 Å². The smallest absolute Gasteiger partial charge is 0.337 e. The van der Waals surface area contributed by atoms with E-state index >= 15 is 0 Å². The van der Waals surface area contributed by atoms with Crippen molar-refractivity contribution in [3.63, 3.8) is 0 Å². The zero-order valence-electron chi connectivity index (χ0n) is 21.8. The molecule has 1 N–H and O–H groups in total. The van der Waals surface area contributed by atoms with E-state index in [2.05, 4.69) is 10.2 Å². The summed E-state index contributed by atoms with van der Waals surface area (Å²) in [5.41, 5.74) is 5.57. The van der Waals surface area contributed by atoms with Gasteiger partial charge < -0.3 is 10.1 Å². The molecule has 0 bridgehead atoms. The van der Waals surface area contributed by atoms with Gasteiger partial charge in [-0.3, -0.25) is 9.69 Å². The van der Waals surface area contributed by atoms with Crippen molar-refractivity contribution in [3.8, 4) is 11.1 Å². The van der Waals surface area contributed by atoms with Gasteiger partial charge in [-0.25, -0.2) is 13.2 Å². The summed E-state index contributed by atoms with van der Waals surface area (Å²) in [6.07, 6.45) is 0. The Morgan fingerprint density at radius 1 is 0.892 bits per heavy atom. The van der Waals surface area contributed by atoms with Gasteiger partial charge in [-0.05, 0) is 65.6 Å². The van der Waals surface area contributed by atoms with Crippen LogP contribution in [-0.4, -0.2) is 56.9 Å². The van der Waals surface area contributed by atoms with Gasteiger partial charge in [-0.15, -0.1) is 0 Å². The molecule has 1 heterocycles. The average molecular weight is 523 g/mol. The summed E-state index contributed by atoms with van der Waals surface area (Å²) in [5, 5.41) is 2.91. The standard InChI is InChI=1S/C27H28N2O5S.C2H6/c1-19-3-6-23(27(31)34-2)17-25(19)21-7-9-22(10-8-21)26(30)28-24-11-4-20(5-12-24)18-29-13-15-35(32,33)16-14-29;1-2/h3-12,17H,13-16,18H2,1-2H3,(H,28,30);1-2H3. The maximum atomic E-state index is 12.7. The molecule has 1 aliphatic heterocycles. The number of benzene rings is 3. The Morgan fingerprint density at radius 3 is 2.08 bits per heavy atom.